The van der Waals surface area contributed by atoms with Crippen LogP contribution in [0.15, 0.2) is 0 Å². The first-order valence-corrected chi connectivity index (χ1v) is 8.37. The van der Waals surface area contributed by atoms with Crippen molar-refractivity contribution < 1.29 is 34.2 Å². The molecular weight excluding hydrogens is 362 g/mol. The Bertz CT molecular complexity index is 611. The van der Waals surface area contributed by atoms with E-state index in [-0.39, 0.29) is 6.54 Å². The molecular formula is C15H25N5O7. The van der Waals surface area contributed by atoms with Gasteiger partial charge in [-0.05, 0) is 19.8 Å². The van der Waals surface area contributed by atoms with E-state index in [1.165, 1.54) is 6.92 Å². The molecule has 0 aromatic carbocycles. The summed E-state index contributed by atoms with van der Waals surface area (Å²) < 4.78 is 0. The molecule has 1 aliphatic heterocycles. The smallest absolute Gasteiger partial charge is 0.326 e. The first kappa shape index (κ1) is 22.3. The van der Waals surface area contributed by atoms with Crippen LogP contribution in [0, 0.1) is 0 Å². The Balaban J connectivity index is 2.78. The van der Waals surface area contributed by atoms with E-state index in [0.29, 0.717) is 12.8 Å². The number of likely N-dealkylation sites (tertiary alicyclic amines) is 1. The average Bonchev–Trinajstić information content (AvgIpc) is 3.08. The SMILES string of the molecule is CC(NC(=O)C(CC(N)=O)NC(=O)C(N)CO)C(=O)N1CCCC1C(=O)O. The Morgan fingerprint density at radius 1 is 1.19 bits per heavy atom. The van der Waals surface area contributed by atoms with Gasteiger partial charge in [0.15, 0.2) is 0 Å². The summed E-state index contributed by atoms with van der Waals surface area (Å²) in [5, 5.41) is 22.5. The van der Waals surface area contributed by atoms with Crippen molar-refractivity contribution in [1.82, 2.24) is 15.5 Å². The summed E-state index contributed by atoms with van der Waals surface area (Å²) in [6, 6.07) is -4.73. The molecule has 27 heavy (non-hydrogen) atoms. The number of aliphatic hydroxyl groups is 1. The number of carboxylic acid groups (broad SMARTS) is 1. The molecule has 1 rings (SSSR count). The summed E-state index contributed by atoms with van der Waals surface area (Å²) in [5.41, 5.74) is 10.4. The Morgan fingerprint density at radius 3 is 2.33 bits per heavy atom. The molecule has 1 aliphatic rings. The van der Waals surface area contributed by atoms with Crippen LogP contribution in [-0.2, 0) is 24.0 Å². The maximum atomic E-state index is 12.4. The number of nitrogens with two attached hydrogens (primary N) is 2. The van der Waals surface area contributed by atoms with Crippen molar-refractivity contribution in [2.45, 2.75) is 50.4 Å². The molecule has 152 valence electrons. The van der Waals surface area contributed by atoms with E-state index in [4.69, 9.17) is 21.7 Å². The highest BCUT2D eigenvalue weighted by Gasteiger charge is 2.37. The second kappa shape index (κ2) is 9.83. The number of carboxylic acids is 1. The van der Waals surface area contributed by atoms with Gasteiger partial charge in [-0.15, -0.1) is 0 Å². The molecule has 1 saturated heterocycles. The number of nitrogens with one attached hydrogen (secondary N) is 2. The molecule has 4 atom stereocenters. The van der Waals surface area contributed by atoms with Crippen LogP contribution in [0.2, 0.25) is 0 Å². The summed E-state index contributed by atoms with van der Waals surface area (Å²) in [7, 11) is 0. The van der Waals surface area contributed by atoms with Crippen LogP contribution in [-0.4, -0.2) is 82.0 Å². The van der Waals surface area contributed by atoms with Crippen molar-refractivity contribution in [2.24, 2.45) is 11.5 Å². The second-order valence-electron chi connectivity index (χ2n) is 6.28. The van der Waals surface area contributed by atoms with E-state index < -0.39 is 66.8 Å². The predicted molar refractivity (Wildman–Crippen MR) is 90.8 cm³/mol. The highest BCUT2D eigenvalue weighted by atomic mass is 16.4. The Morgan fingerprint density at radius 2 is 1.81 bits per heavy atom. The Kier molecular flexibility index (Phi) is 8.12. The van der Waals surface area contributed by atoms with Gasteiger partial charge in [-0.2, -0.15) is 0 Å². The van der Waals surface area contributed by atoms with Gasteiger partial charge in [-0.1, -0.05) is 0 Å². The van der Waals surface area contributed by atoms with Crippen LogP contribution in [0.5, 0.6) is 0 Å². The number of primary amides is 1. The number of aliphatic hydroxyl groups excluding tert-OH is 1. The summed E-state index contributed by atoms with van der Waals surface area (Å²) >= 11 is 0. The summed E-state index contributed by atoms with van der Waals surface area (Å²) in [4.78, 5) is 60.0. The molecule has 0 spiro atoms. The summed E-state index contributed by atoms with van der Waals surface area (Å²) in [6.07, 6.45) is 0.308. The number of hydrogen-bond acceptors (Lipinski definition) is 7. The largest absolute Gasteiger partial charge is 0.480 e. The molecule has 8 N–H and O–H groups in total. The van der Waals surface area contributed by atoms with Crippen molar-refractivity contribution in [2.75, 3.05) is 13.2 Å². The fraction of sp³-hybridized carbons (Fsp3) is 0.667. The molecule has 12 nitrogen and oxygen atoms in total. The number of aliphatic carboxylic acids is 1. The van der Waals surface area contributed by atoms with Crippen LogP contribution in [0.25, 0.3) is 0 Å². The van der Waals surface area contributed by atoms with Gasteiger partial charge in [0.1, 0.15) is 24.2 Å². The van der Waals surface area contributed by atoms with Gasteiger partial charge in [-0.3, -0.25) is 19.2 Å². The van der Waals surface area contributed by atoms with Crippen LogP contribution in [0.4, 0.5) is 0 Å². The minimum absolute atomic E-state index is 0.253. The zero-order valence-corrected chi connectivity index (χ0v) is 14.9. The van der Waals surface area contributed by atoms with Crippen LogP contribution in [0.3, 0.4) is 0 Å². The van der Waals surface area contributed by atoms with E-state index in [1.54, 1.807) is 0 Å². The van der Waals surface area contributed by atoms with E-state index >= 15 is 0 Å². The Labute approximate surface area is 155 Å². The number of carbonyl (C=O) groups is 5. The van der Waals surface area contributed by atoms with Crippen molar-refractivity contribution >= 4 is 29.6 Å². The quantitative estimate of drug-likeness (QED) is 0.231. The molecule has 12 heteroatoms. The first-order valence-electron chi connectivity index (χ1n) is 8.37. The topological polar surface area (TPSA) is 205 Å². The van der Waals surface area contributed by atoms with Crippen molar-refractivity contribution in [3.63, 3.8) is 0 Å². The fourth-order valence-corrected chi connectivity index (χ4v) is 2.68. The maximum absolute atomic E-state index is 12.4. The third kappa shape index (κ3) is 6.18. The van der Waals surface area contributed by atoms with Gasteiger partial charge in [0.05, 0.1) is 13.0 Å². The third-order valence-corrected chi connectivity index (χ3v) is 4.12. The maximum Gasteiger partial charge on any atom is 0.326 e. The highest BCUT2D eigenvalue weighted by molar-refractivity contribution is 5.96. The van der Waals surface area contributed by atoms with Gasteiger partial charge in [0.2, 0.25) is 23.6 Å². The molecule has 0 aromatic rings. The molecule has 0 saturated carbocycles. The molecule has 0 aromatic heterocycles. The van der Waals surface area contributed by atoms with Crippen molar-refractivity contribution in [1.29, 1.82) is 0 Å². The van der Waals surface area contributed by atoms with Crippen molar-refractivity contribution in [3.05, 3.63) is 0 Å². The normalized spacial score (nSPS) is 19.7. The average molecular weight is 387 g/mol. The second-order valence-corrected chi connectivity index (χ2v) is 6.28. The molecule has 1 fully saturated rings. The number of carbonyl (C=O) groups excluding carboxylic acids is 4. The van der Waals surface area contributed by atoms with E-state index in [9.17, 15) is 24.0 Å². The van der Waals surface area contributed by atoms with E-state index in [0.717, 1.165) is 4.90 Å². The zero-order valence-electron chi connectivity index (χ0n) is 14.9. The van der Waals surface area contributed by atoms with Gasteiger partial charge < -0.3 is 37.2 Å². The van der Waals surface area contributed by atoms with E-state index in [1.807, 2.05) is 0 Å². The standard InChI is InChI=1S/C15H25N5O7/c1-7(14(25)20-4-2-3-10(20)15(26)27)18-13(24)9(5-11(17)22)19-12(23)8(16)6-21/h7-10,21H,2-6,16H2,1H3,(H2,17,22)(H,18,24)(H,19,23)(H,26,27). The minimum Gasteiger partial charge on any atom is -0.480 e. The van der Waals surface area contributed by atoms with Crippen LogP contribution in [0.1, 0.15) is 26.2 Å². The van der Waals surface area contributed by atoms with Crippen LogP contribution >= 0.6 is 0 Å². The van der Waals surface area contributed by atoms with Gasteiger partial charge >= 0.3 is 5.97 Å². The molecule has 0 aliphatic carbocycles. The molecule has 4 unspecified atom stereocenters. The number of amides is 4. The molecule has 0 bridgehead atoms. The molecule has 1 heterocycles. The lowest BCUT2D eigenvalue weighted by Crippen LogP contribution is -2.57. The minimum atomic E-state index is -1.39. The van der Waals surface area contributed by atoms with Gasteiger partial charge in [-0.25, -0.2) is 4.79 Å². The van der Waals surface area contributed by atoms with Gasteiger partial charge in [0.25, 0.3) is 0 Å². The highest BCUT2D eigenvalue weighted by Crippen LogP contribution is 2.18. The zero-order chi connectivity index (χ0) is 20.7. The monoisotopic (exact) mass is 387 g/mol. The lowest BCUT2D eigenvalue weighted by Gasteiger charge is -2.26. The number of rotatable bonds is 9. The van der Waals surface area contributed by atoms with E-state index in [2.05, 4.69) is 10.6 Å². The lowest BCUT2D eigenvalue weighted by molar-refractivity contribution is -0.149. The number of nitrogens with zero attached hydrogens (tertiary/aromatic N) is 1. The summed E-state index contributed by atoms with van der Waals surface area (Å²) in [6.45, 7) is 0.944. The number of hydrogen-bond donors (Lipinski definition) is 6. The van der Waals surface area contributed by atoms with Crippen molar-refractivity contribution in [3.8, 4) is 0 Å². The first-order chi connectivity index (χ1) is 12.6. The summed E-state index contributed by atoms with van der Waals surface area (Å²) in [5.74, 6) is -4.33. The third-order valence-electron chi connectivity index (χ3n) is 4.12. The predicted octanol–water partition coefficient (Wildman–Crippen LogP) is -3.75. The molecule has 0 radical (unpaired) electrons. The lowest BCUT2D eigenvalue weighted by atomic mass is 10.1. The molecule has 4 amide bonds. The Hall–Kier alpha value is -2.73. The fourth-order valence-electron chi connectivity index (χ4n) is 2.68. The van der Waals surface area contributed by atoms with Crippen LogP contribution < -0.4 is 22.1 Å². The van der Waals surface area contributed by atoms with Gasteiger partial charge in [0, 0.05) is 6.54 Å².